The van der Waals surface area contributed by atoms with E-state index < -0.39 is 11.6 Å². The van der Waals surface area contributed by atoms with E-state index >= 15 is 0 Å². The van der Waals surface area contributed by atoms with Crippen molar-refractivity contribution in [2.24, 2.45) is 0 Å². The minimum Gasteiger partial charge on any atom is -0.459 e. The van der Waals surface area contributed by atoms with Crippen molar-refractivity contribution in [2.45, 2.75) is 123 Å². The van der Waals surface area contributed by atoms with Gasteiger partial charge in [0.05, 0.1) is 0 Å². The third-order valence-electron chi connectivity index (χ3n) is 7.02. The van der Waals surface area contributed by atoms with Gasteiger partial charge >= 0.3 is 5.97 Å². The Bertz CT molecular complexity index is 904. The first-order valence-electron chi connectivity index (χ1n) is 15.3. The Kier molecular flexibility index (Phi) is 14.9. The second kappa shape index (κ2) is 17.9. The third-order valence-corrected chi connectivity index (χ3v) is 7.02. The largest absolute Gasteiger partial charge is 0.459 e. The summed E-state index contributed by atoms with van der Waals surface area (Å²) in [6.45, 7) is 7.89. The van der Waals surface area contributed by atoms with Gasteiger partial charge in [-0.1, -0.05) is 121 Å². The van der Waals surface area contributed by atoms with E-state index in [0.29, 0.717) is 6.54 Å². The highest BCUT2D eigenvalue weighted by molar-refractivity contribution is 6.07. The topological polar surface area (TPSA) is 66.9 Å². The summed E-state index contributed by atoms with van der Waals surface area (Å²) in [5.74, 6) is -0.993. The average Bonchev–Trinajstić information content (AvgIpc) is 2.88. The Morgan fingerprint density at radius 3 is 1.85 bits per heavy atom. The number of unbranched alkanes of at least 4 members (excludes halogenated alkanes) is 13. The number of hydrogen-bond donors (Lipinski definition) is 0. The van der Waals surface area contributed by atoms with Crippen LogP contribution < -0.4 is 0 Å². The van der Waals surface area contributed by atoms with Gasteiger partial charge in [0.2, 0.25) is 5.91 Å². The molecule has 0 radical (unpaired) electrons. The molecule has 1 aliphatic rings. The highest BCUT2D eigenvalue weighted by Gasteiger charge is 2.36. The first kappa shape index (κ1) is 32.6. The third kappa shape index (κ3) is 13.3. The second-order valence-electron chi connectivity index (χ2n) is 11.8. The fourth-order valence-electron chi connectivity index (χ4n) is 4.93. The zero-order valence-electron chi connectivity index (χ0n) is 25.0. The van der Waals surface area contributed by atoms with Gasteiger partial charge in [-0.05, 0) is 38.8 Å². The number of piperazine rings is 1. The van der Waals surface area contributed by atoms with Gasteiger partial charge in [0.25, 0.3) is 5.91 Å². The molecule has 218 valence electrons. The summed E-state index contributed by atoms with van der Waals surface area (Å²) in [4.78, 5) is 41.9. The molecule has 0 bridgehead atoms. The molecule has 1 saturated heterocycles. The quantitative estimate of drug-likeness (QED) is 0.110. The molecule has 6 heteroatoms. The number of benzene rings is 1. The lowest BCUT2D eigenvalue weighted by Gasteiger charge is -2.36. The molecule has 6 nitrogen and oxygen atoms in total. The lowest BCUT2D eigenvalue weighted by Crippen LogP contribution is -2.53. The molecule has 1 aromatic rings. The van der Waals surface area contributed by atoms with Crippen molar-refractivity contribution in [3.05, 3.63) is 41.6 Å². The van der Waals surface area contributed by atoms with Crippen LogP contribution in [0.1, 0.15) is 123 Å². The summed E-state index contributed by atoms with van der Waals surface area (Å²) in [5.41, 5.74) is 0.373. The lowest BCUT2D eigenvalue weighted by atomic mass is 10.0. The van der Waals surface area contributed by atoms with Gasteiger partial charge in [-0.25, -0.2) is 0 Å². The molecule has 1 heterocycles. The standard InChI is InChI=1S/C33H52N2O4/c1-5-6-7-8-9-10-11-12-13-14-15-16-17-21-24-34-26-30(36)35(27-31(37)39-33(2,3)4)29(32(34)38)25-28-22-19-18-20-23-28/h18-20,22-23,25H,5-17,21,24,26-27H2,1-4H3. The van der Waals surface area contributed by atoms with Crippen molar-refractivity contribution in [1.82, 2.24) is 9.80 Å². The summed E-state index contributed by atoms with van der Waals surface area (Å²) in [5, 5.41) is 0. The summed E-state index contributed by atoms with van der Waals surface area (Å²) >= 11 is 0. The SMILES string of the molecule is CCCCCCCCCCCCCCCCN1CC(=O)N(CC(=O)OC(C)(C)C)C(=Cc2ccccc2)C1=O. The number of rotatable bonds is 18. The van der Waals surface area contributed by atoms with E-state index in [9.17, 15) is 14.4 Å². The number of hydrogen-bond acceptors (Lipinski definition) is 4. The molecule has 1 aromatic carbocycles. The van der Waals surface area contributed by atoms with Crippen LogP contribution in [0.4, 0.5) is 0 Å². The average molecular weight is 541 g/mol. The molecule has 39 heavy (non-hydrogen) atoms. The normalized spacial score (nSPS) is 15.3. The molecule has 0 unspecified atom stereocenters. The van der Waals surface area contributed by atoms with E-state index in [-0.39, 0.29) is 30.6 Å². The van der Waals surface area contributed by atoms with Crippen molar-refractivity contribution in [1.29, 1.82) is 0 Å². The number of carbonyl (C=O) groups excluding carboxylic acids is 3. The van der Waals surface area contributed by atoms with Crippen molar-refractivity contribution < 1.29 is 19.1 Å². The van der Waals surface area contributed by atoms with E-state index in [4.69, 9.17) is 4.74 Å². The molecule has 0 aliphatic carbocycles. The van der Waals surface area contributed by atoms with E-state index in [2.05, 4.69) is 6.92 Å². The predicted molar refractivity (Wildman–Crippen MR) is 159 cm³/mol. The number of amides is 2. The first-order valence-corrected chi connectivity index (χ1v) is 15.3. The van der Waals surface area contributed by atoms with Gasteiger partial charge in [-0.15, -0.1) is 0 Å². The maximum absolute atomic E-state index is 13.4. The zero-order chi connectivity index (χ0) is 28.5. The second-order valence-corrected chi connectivity index (χ2v) is 11.8. The van der Waals surface area contributed by atoms with Crippen LogP contribution in [-0.2, 0) is 19.1 Å². The van der Waals surface area contributed by atoms with Crippen LogP contribution in [-0.4, -0.2) is 52.8 Å². The molecule has 0 atom stereocenters. The van der Waals surface area contributed by atoms with E-state index in [1.807, 2.05) is 30.3 Å². The van der Waals surface area contributed by atoms with Crippen LogP contribution in [0.3, 0.4) is 0 Å². The highest BCUT2D eigenvalue weighted by atomic mass is 16.6. The Morgan fingerprint density at radius 1 is 0.821 bits per heavy atom. The Labute approximate surface area is 237 Å². The molecule has 0 N–H and O–H groups in total. The van der Waals surface area contributed by atoms with Crippen molar-refractivity contribution in [2.75, 3.05) is 19.6 Å². The molecule has 0 saturated carbocycles. The molecule has 1 aliphatic heterocycles. The van der Waals surface area contributed by atoms with Crippen molar-refractivity contribution in [3.8, 4) is 0 Å². The minimum absolute atomic E-state index is 0.00773. The van der Waals surface area contributed by atoms with Gasteiger partial charge in [0, 0.05) is 6.54 Å². The fourth-order valence-corrected chi connectivity index (χ4v) is 4.93. The molecule has 1 fully saturated rings. The summed E-state index contributed by atoms with van der Waals surface area (Å²) < 4.78 is 5.42. The smallest absolute Gasteiger partial charge is 0.326 e. The Hall–Kier alpha value is -2.63. The molecular formula is C33H52N2O4. The van der Waals surface area contributed by atoms with Crippen LogP contribution in [0.2, 0.25) is 0 Å². The van der Waals surface area contributed by atoms with Gasteiger partial charge in [0.1, 0.15) is 24.4 Å². The lowest BCUT2D eigenvalue weighted by molar-refractivity contribution is -0.160. The van der Waals surface area contributed by atoms with Crippen LogP contribution >= 0.6 is 0 Å². The minimum atomic E-state index is -0.664. The van der Waals surface area contributed by atoms with Crippen molar-refractivity contribution in [3.63, 3.8) is 0 Å². The summed E-state index contributed by atoms with van der Waals surface area (Å²) in [7, 11) is 0. The number of ether oxygens (including phenoxy) is 1. The van der Waals surface area contributed by atoms with E-state index in [1.165, 1.54) is 75.5 Å². The highest BCUT2D eigenvalue weighted by Crippen LogP contribution is 2.21. The maximum atomic E-state index is 13.4. The zero-order valence-corrected chi connectivity index (χ0v) is 25.0. The fraction of sp³-hybridized carbons (Fsp3) is 0.667. The maximum Gasteiger partial charge on any atom is 0.326 e. The molecular weight excluding hydrogens is 488 g/mol. The van der Waals surface area contributed by atoms with Crippen LogP contribution in [0.15, 0.2) is 36.0 Å². The number of nitrogens with zero attached hydrogens (tertiary/aromatic N) is 2. The van der Waals surface area contributed by atoms with E-state index in [0.717, 1.165) is 24.8 Å². The van der Waals surface area contributed by atoms with Crippen LogP contribution in [0.5, 0.6) is 0 Å². The summed E-state index contributed by atoms with van der Waals surface area (Å²) in [6.07, 6.45) is 19.5. The Balaban J connectivity index is 1.78. The van der Waals surface area contributed by atoms with Crippen molar-refractivity contribution >= 4 is 23.9 Å². The van der Waals surface area contributed by atoms with Gasteiger partial charge in [-0.3, -0.25) is 19.3 Å². The Morgan fingerprint density at radius 2 is 1.33 bits per heavy atom. The number of esters is 1. The predicted octanol–water partition coefficient (Wildman–Crippen LogP) is 7.52. The molecule has 2 amide bonds. The molecule has 2 rings (SSSR count). The monoisotopic (exact) mass is 540 g/mol. The van der Waals surface area contributed by atoms with Gasteiger partial charge < -0.3 is 9.64 Å². The first-order chi connectivity index (χ1) is 18.7. The molecule has 0 aromatic heterocycles. The van der Waals surface area contributed by atoms with Gasteiger partial charge in [0.15, 0.2) is 0 Å². The van der Waals surface area contributed by atoms with Crippen LogP contribution in [0.25, 0.3) is 6.08 Å². The summed E-state index contributed by atoms with van der Waals surface area (Å²) in [6, 6.07) is 9.42. The number of carbonyl (C=O) groups is 3. The van der Waals surface area contributed by atoms with Crippen LogP contribution in [0, 0.1) is 0 Å². The van der Waals surface area contributed by atoms with Gasteiger partial charge in [-0.2, -0.15) is 0 Å². The van der Waals surface area contributed by atoms with E-state index in [1.54, 1.807) is 31.7 Å². The molecule has 0 spiro atoms.